The molecule has 174 valence electrons. The molecule has 10 heteroatoms. The largest absolute Gasteiger partial charge is 0.354 e. The van der Waals surface area contributed by atoms with Crippen molar-refractivity contribution >= 4 is 27.9 Å². The molecule has 0 radical (unpaired) electrons. The number of primary sulfonamides is 1. The molecule has 0 atom stereocenters. The number of anilines is 3. The second-order valence-corrected chi connectivity index (χ2v) is 10.1. The summed E-state index contributed by atoms with van der Waals surface area (Å²) in [7, 11) is -3.69. The van der Waals surface area contributed by atoms with Crippen molar-refractivity contribution in [3.05, 3.63) is 65.2 Å². The molecule has 0 aliphatic heterocycles. The van der Waals surface area contributed by atoms with Gasteiger partial charge in [-0.15, -0.1) is 0 Å². The molecule has 1 aliphatic carbocycles. The number of benzene rings is 2. The maximum atomic E-state index is 11.4. The zero-order chi connectivity index (χ0) is 23.4. The van der Waals surface area contributed by atoms with E-state index < -0.39 is 10.0 Å². The van der Waals surface area contributed by atoms with Crippen molar-refractivity contribution in [2.75, 3.05) is 22.5 Å². The van der Waals surface area contributed by atoms with Crippen LogP contribution < -0.4 is 21.1 Å². The highest BCUT2D eigenvalue weighted by Gasteiger charge is 2.22. The fourth-order valence-corrected chi connectivity index (χ4v) is 4.37. The van der Waals surface area contributed by atoms with E-state index in [1.807, 2.05) is 13.8 Å². The first-order chi connectivity index (χ1) is 15.8. The minimum atomic E-state index is -3.69. The first-order valence-corrected chi connectivity index (χ1v) is 12.5. The Morgan fingerprint density at radius 1 is 0.939 bits per heavy atom. The molecule has 0 amide bonds. The topological polar surface area (TPSA) is 135 Å². The van der Waals surface area contributed by atoms with Crippen molar-refractivity contribution in [2.45, 2.75) is 50.1 Å². The Bertz CT molecular complexity index is 1190. The van der Waals surface area contributed by atoms with E-state index in [2.05, 4.69) is 55.2 Å². The Hall–Kier alpha value is -3.24. The summed E-state index contributed by atoms with van der Waals surface area (Å²) in [5.41, 5.74) is 3.69. The number of sulfonamides is 1. The van der Waals surface area contributed by atoms with Crippen molar-refractivity contribution < 1.29 is 8.42 Å². The third-order valence-corrected chi connectivity index (χ3v) is 6.32. The number of nitrogens with zero attached hydrogens (tertiary/aromatic N) is 3. The van der Waals surface area contributed by atoms with Crippen LogP contribution in [0.2, 0.25) is 0 Å². The average Bonchev–Trinajstić information content (AvgIpc) is 3.15. The zero-order valence-electron chi connectivity index (χ0n) is 18.7. The minimum Gasteiger partial charge on any atom is -0.354 e. The molecule has 2 aromatic carbocycles. The van der Waals surface area contributed by atoms with Crippen LogP contribution in [-0.2, 0) is 29.3 Å². The predicted octanol–water partition coefficient (Wildman–Crippen LogP) is 2.57. The summed E-state index contributed by atoms with van der Waals surface area (Å²) in [5.74, 6) is 1.52. The quantitative estimate of drug-likeness (QED) is 0.377. The van der Waals surface area contributed by atoms with Gasteiger partial charge in [-0.1, -0.05) is 36.4 Å². The van der Waals surface area contributed by atoms with Gasteiger partial charge in [0.1, 0.15) is 0 Å². The fraction of sp³-hybridized carbons (Fsp3) is 0.348. The third-order valence-electron chi connectivity index (χ3n) is 5.39. The van der Waals surface area contributed by atoms with Gasteiger partial charge in [-0.2, -0.15) is 15.0 Å². The molecule has 3 aromatic rings. The van der Waals surface area contributed by atoms with E-state index in [4.69, 9.17) is 5.14 Å². The SMILES string of the molecule is CC(C)Nc1nc(NCCc2ccc(S(N)(=O)=O)cc2)nc(NC2Cc3ccccc3C2)n1. The van der Waals surface area contributed by atoms with Crippen LogP contribution in [-0.4, -0.2) is 42.0 Å². The summed E-state index contributed by atoms with van der Waals surface area (Å²) in [6.45, 7) is 4.64. The Balaban J connectivity index is 1.41. The van der Waals surface area contributed by atoms with Crippen LogP contribution in [0, 0.1) is 0 Å². The van der Waals surface area contributed by atoms with Gasteiger partial charge in [0.15, 0.2) is 0 Å². The molecule has 0 saturated heterocycles. The zero-order valence-corrected chi connectivity index (χ0v) is 19.6. The highest BCUT2D eigenvalue weighted by molar-refractivity contribution is 7.89. The molecule has 1 aromatic heterocycles. The Morgan fingerprint density at radius 3 is 2.15 bits per heavy atom. The summed E-state index contributed by atoms with van der Waals surface area (Å²) in [6.07, 6.45) is 2.54. The Morgan fingerprint density at radius 2 is 1.55 bits per heavy atom. The summed E-state index contributed by atoms with van der Waals surface area (Å²) in [6, 6.07) is 15.4. The molecular formula is C23H29N7O2S. The minimum absolute atomic E-state index is 0.103. The van der Waals surface area contributed by atoms with E-state index in [0.29, 0.717) is 30.8 Å². The van der Waals surface area contributed by atoms with Gasteiger partial charge in [0.25, 0.3) is 0 Å². The van der Waals surface area contributed by atoms with Crippen molar-refractivity contribution in [2.24, 2.45) is 5.14 Å². The van der Waals surface area contributed by atoms with Gasteiger partial charge < -0.3 is 16.0 Å². The highest BCUT2D eigenvalue weighted by atomic mass is 32.2. The Labute approximate surface area is 194 Å². The van der Waals surface area contributed by atoms with Crippen LogP contribution in [0.3, 0.4) is 0 Å². The van der Waals surface area contributed by atoms with E-state index in [9.17, 15) is 8.42 Å². The summed E-state index contributed by atoms with van der Waals surface area (Å²) >= 11 is 0. The van der Waals surface area contributed by atoms with Gasteiger partial charge >= 0.3 is 0 Å². The molecule has 0 fully saturated rings. The molecule has 1 aliphatic rings. The van der Waals surface area contributed by atoms with Gasteiger partial charge in [-0.25, -0.2) is 13.6 Å². The number of hydrogen-bond donors (Lipinski definition) is 4. The molecular weight excluding hydrogens is 438 g/mol. The first-order valence-electron chi connectivity index (χ1n) is 11.0. The van der Waals surface area contributed by atoms with Crippen LogP contribution in [0.15, 0.2) is 53.4 Å². The number of aromatic nitrogens is 3. The monoisotopic (exact) mass is 467 g/mol. The molecule has 1 heterocycles. The number of rotatable bonds is 9. The summed E-state index contributed by atoms with van der Waals surface area (Å²) in [5, 5.41) is 15.1. The molecule has 9 nitrogen and oxygen atoms in total. The van der Waals surface area contributed by atoms with Gasteiger partial charge in [0, 0.05) is 18.6 Å². The average molecular weight is 468 g/mol. The van der Waals surface area contributed by atoms with Crippen molar-refractivity contribution in [3.8, 4) is 0 Å². The lowest BCUT2D eigenvalue weighted by atomic mass is 10.1. The number of nitrogens with two attached hydrogens (primary N) is 1. The van der Waals surface area contributed by atoms with E-state index in [0.717, 1.165) is 18.4 Å². The van der Waals surface area contributed by atoms with Crippen molar-refractivity contribution in [1.82, 2.24) is 15.0 Å². The van der Waals surface area contributed by atoms with E-state index in [-0.39, 0.29) is 17.0 Å². The van der Waals surface area contributed by atoms with Gasteiger partial charge in [-0.05, 0) is 61.9 Å². The van der Waals surface area contributed by atoms with Gasteiger partial charge in [0.05, 0.1) is 4.90 Å². The lowest BCUT2D eigenvalue weighted by Crippen LogP contribution is -2.23. The third kappa shape index (κ3) is 6.17. The lowest BCUT2D eigenvalue weighted by Gasteiger charge is -2.15. The highest BCUT2D eigenvalue weighted by Crippen LogP contribution is 2.24. The Kier molecular flexibility index (Phi) is 6.75. The predicted molar refractivity (Wildman–Crippen MR) is 130 cm³/mol. The second-order valence-electron chi connectivity index (χ2n) is 8.49. The number of nitrogens with one attached hydrogen (secondary N) is 3. The van der Waals surface area contributed by atoms with E-state index in [1.54, 1.807) is 12.1 Å². The van der Waals surface area contributed by atoms with E-state index >= 15 is 0 Å². The maximum Gasteiger partial charge on any atom is 0.238 e. The van der Waals surface area contributed by atoms with Crippen LogP contribution in [0.5, 0.6) is 0 Å². The summed E-state index contributed by atoms with van der Waals surface area (Å²) < 4.78 is 22.8. The van der Waals surface area contributed by atoms with Gasteiger partial charge in [-0.3, -0.25) is 0 Å². The maximum absolute atomic E-state index is 11.4. The van der Waals surface area contributed by atoms with Crippen LogP contribution in [0.1, 0.15) is 30.5 Å². The standard InChI is InChI=1S/C23H29N7O2S/c1-15(2)26-22-28-21(25-12-11-16-7-9-20(10-8-16)33(24,31)32)29-23(30-22)27-19-13-17-5-3-4-6-18(17)14-19/h3-10,15,19H,11-14H2,1-2H3,(H2,24,31,32)(H3,25,26,27,28,29,30). The number of fused-ring (bicyclic) bond motifs is 1. The molecule has 5 N–H and O–H groups in total. The molecule has 33 heavy (non-hydrogen) atoms. The van der Waals surface area contributed by atoms with Crippen LogP contribution in [0.25, 0.3) is 0 Å². The lowest BCUT2D eigenvalue weighted by molar-refractivity contribution is 0.598. The van der Waals surface area contributed by atoms with Crippen LogP contribution in [0.4, 0.5) is 17.8 Å². The first kappa shape index (κ1) is 22.9. The van der Waals surface area contributed by atoms with Gasteiger partial charge in [0.2, 0.25) is 27.9 Å². The normalized spacial score (nSPS) is 13.7. The van der Waals surface area contributed by atoms with Crippen molar-refractivity contribution in [3.63, 3.8) is 0 Å². The molecule has 0 bridgehead atoms. The molecule has 0 spiro atoms. The smallest absolute Gasteiger partial charge is 0.238 e. The van der Waals surface area contributed by atoms with Crippen LogP contribution >= 0.6 is 0 Å². The van der Waals surface area contributed by atoms with Crippen molar-refractivity contribution in [1.29, 1.82) is 0 Å². The fourth-order valence-electron chi connectivity index (χ4n) is 3.85. The van der Waals surface area contributed by atoms with E-state index in [1.165, 1.54) is 23.3 Å². The molecule has 0 unspecified atom stereocenters. The molecule has 0 saturated carbocycles. The number of hydrogen-bond acceptors (Lipinski definition) is 8. The summed E-state index contributed by atoms with van der Waals surface area (Å²) in [4.78, 5) is 13.7. The second kappa shape index (κ2) is 9.72. The molecule has 4 rings (SSSR count).